The molecule has 0 radical (unpaired) electrons. The summed E-state index contributed by atoms with van der Waals surface area (Å²) >= 11 is 1.08. The highest BCUT2D eigenvalue weighted by Gasteiger charge is 2.19. The van der Waals surface area contributed by atoms with E-state index in [2.05, 4.69) is 62.8 Å². The number of nitrogens with one attached hydrogen (secondary N) is 3. The minimum atomic E-state index is -0.244. The van der Waals surface area contributed by atoms with Crippen LogP contribution in [0.15, 0.2) is 67.3 Å². The summed E-state index contributed by atoms with van der Waals surface area (Å²) in [5, 5.41) is 10.6. The molecule has 0 aromatic carbocycles. The van der Waals surface area contributed by atoms with Gasteiger partial charge in [-0.25, -0.2) is 15.0 Å². The number of halogens is 1. The molecule has 37 heavy (non-hydrogen) atoms. The Morgan fingerprint density at radius 1 is 1.08 bits per heavy atom. The minimum absolute atomic E-state index is 0.0855. The van der Waals surface area contributed by atoms with Gasteiger partial charge >= 0.3 is 0 Å². The van der Waals surface area contributed by atoms with Gasteiger partial charge in [-0.2, -0.15) is 9.49 Å². The van der Waals surface area contributed by atoms with Crippen LogP contribution < -0.4 is 5.32 Å². The summed E-state index contributed by atoms with van der Waals surface area (Å²) in [6.45, 7) is 10.5. The molecule has 0 unspecified atom stereocenters. The fourth-order valence-electron chi connectivity index (χ4n) is 3.92. The molecular weight excluding hydrogens is 487 g/mol. The van der Waals surface area contributed by atoms with Gasteiger partial charge < -0.3 is 10.3 Å². The van der Waals surface area contributed by atoms with Crippen LogP contribution in [0.4, 0.5) is 10.1 Å². The summed E-state index contributed by atoms with van der Waals surface area (Å²) in [6.07, 6.45) is 5.21. The van der Waals surface area contributed by atoms with Crippen LogP contribution in [0.5, 0.6) is 0 Å². The summed E-state index contributed by atoms with van der Waals surface area (Å²) in [5.41, 5.74) is 7.34. The topological polar surface area (TPSA) is 108 Å². The van der Waals surface area contributed by atoms with Crippen LogP contribution in [0.25, 0.3) is 55.4 Å². The van der Waals surface area contributed by atoms with Gasteiger partial charge in [0, 0.05) is 39.5 Å². The largest absolute Gasteiger partial charge is 0.358 e. The fraction of sp³-hybridized carbons (Fsp3) is 0.148. The Bertz CT molecular complexity index is 1790. The predicted molar refractivity (Wildman–Crippen MR) is 145 cm³/mol. The summed E-state index contributed by atoms with van der Waals surface area (Å²) in [6, 6.07) is 10.9. The first-order valence-electron chi connectivity index (χ1n) is 11.6. The van der Waals surface area contributed by atoms with Crippen molar-refractivity contribution < 1.29 is 4.39 Å². The number of allylic oxidation sites excluding steroid dienone is 1. The molecule has 3 N–H and O–H groups in total. The average molecular weight is 511 g/mol. The summed E-state index contributed by atoms with van der Waals surface area (Å²) < 4.78 is 13.7. The van der Waals surface area contributed by atoms with Gasteiger partial charge in [-0.3, -0.25) is 10.1 Å². The maximum Gasteiger partial charge on any atom is 0.178 e. The van der Waals surface area contributed by atoms with Crippen LogP contribution in [-0.2, 0) is 0 Å². The highest BCUT2D eigenvalue weighted by molar-refractivity contribution is 7.14. The third-order valence-electron chi connectivity index (χ3n) is 6.10. The number of nitrogens with zero attached hydrogens (tertiary/aromatic N) is 5. The molecule has 6 rings (SSSR count). The Morgan fingerprint density at radius 3 is 2.73 bits per heavy atom. The second-order valence-electron chi connectivity index (χ2n) is 9.73. The van der Waals surface area contributed by atoms with Gasteiger partial charge in [0.15, 0.2) is 22.3 Å². The zero-order valence-corrected chi connectivity index (χ0v) is 21.2. The molecule has 6 heterocycles. The zero-order chi connectivity index (χ0) is 25.7. The average Bonchev–Trinajstić information content (AvgIpc) is 3.60. The molecule has 8 nitrogen and oxygen atoms in total. The van der Waals surface area contributed by atoms with E-state index in [-0.39, 0.29) is 10.5 Å². The van der Waals surface area contributed by atoms with Crippen LogP contribution in [0, 0.1) is 10.5 Å². The third kappa shape index (κ3) is 4.25. The van der Waals surface area contributed by atoms with E-state index in [1.165, 1.54) is 6.07 Å². The van der Waals surface area contributed by atoms with Gasteiger partial charge in [0.1, 0.15) is 5.52 Å². The Balaban J connectivity index is 1.40. The van der Waals surface area contributed by atoms with E-state index in [0.717, 1.165) is 49.9 Å². The van der Waals surface area contributed by atoms with Crippen molar-refractivity contribution in [2.75, 3.05) is 5.32 Å². The van der Waals surface area contributed by atoms with Gasteiger partial charge in [0.25, 0.3) is 0 Å². The quantitative estimate of drug-likeness (QED) is 0.235. The van der Waals surface area contributed by atoms with Crippen molar-refractivity contribution in [1.29, 1.82) is 0 Å². The third-order valence-corrected chi connectivity index (χ3v) is 7.00. The first-order chi connectivity index (χ1) is 17.8. The fourth-order valence-corrected chi connectivity index (χ4v) is 4.68. The van der Waals surface area contributed by atoms with E-state index in [1.54, 1.807) is 24.7 Å². The molecule has 0 bridgehead atoms. The lowest BCUT2D eigenvalue weighted by Crippen LogP contribution is -2.15. The molecule has 6 aromatic heterocycles. The number of imidazole rings is 1. The molecule has 0 aliphatic heterocycles. The van der Waals surface area contributed by atoms with E-state index in [0.29, 0.717) is 28.2 Å². The second-order valence-corrected chi connectivity index (χ2v) is 10.8. The maximum absolute atomic E-state index is 13.7. The molecule has 0 fully saturated rings. The lowest BCUT2D eigenvalue weighted by molar-refractivity contribution is 0.509. The monoisotopic (exact) mass is 510 g/mol. The van der Waals surface area contributed by atoms with E-state index < -0.39 is 0 Å². The number of aromatic amines is 2. The molecule has 0 aliphatic rings. The Hall–Kier alpha value is -4.44. The smallest absolute Gasteiger partial charge is 0.178 e. The van der Waals surface area contributed by atoms with Gasteiger partial charge in [-0.15, -0.1) is 11.3 Å². The molecule has 0 atom stereocenters. The van der Waals surface area contributed by atoms with Crippen molar-refractivity contribution in [3.63, 3.8) is 0 Å². The van der Waals surface area contributed by atoms with Crippen molar-refractivity contribution in [3.8, 4) is 33.2 Å². The number of aromatic nitrogens is 7. The molecule has 0 spiro atoms. The molecule has 0 aliphatic carbocycles. The van der Waals surface area contributed by atoms with Crippen LogP contribution in [0.1, 0.15) is 20.8 Å². The van der Waals surface area contributed by atoms with E-state index in [4.69, 9.17) is 4.98 Å². The number of H-pyrrole nitrogens is 2. The zero-order valence-electron chi connectivity index (χ0n) is 20.4. The number of pyridine rings is 3. The highest BCUT2D eigenvalue weighted by Crippen LogP contribution is 2.34. The molecule has 0 saturated carbocycles. The van der Waals surface area contributed by atoms with Gasteiger partial charge in [0.05, 0.1) is 28.6 Å². The Morgan fingerprint density at radius 2 is 1.95 bits per heavy atom. The van der Waals surface area contributed by atoms with Crippen molar-refractivity contribution in [2.24, 2.45) is 5.41 Å². The summed E-state index contributed by atoms with van der Waals surface area (Å²) in [5.74, 6) is 0.526. The van der Waals surface area contributed by atoms with Crippen LogP contribution >= 0.6 is 11.3 Å². The highest BCUT2D eigenvalue weighted by atomic mass is 32.1. The van der Waals surface area contributed by atoms with Gasteiger partial charge in [0.2, 0.25) is 0 Å². The normalized spacial score (nSPS) is 11.9. The lowest BCUT2D eigenvalue weighted by Gasteiger charge is -2.23. The molecule has 0 amide bonds. The van der Waals surface area contributed by atoms with Gasteiger partial charge in [-0.1, -0.05) is 27.4 Å². The van der Waals surface area contributed by atoms with Crippen LogP contribution in [0.3, 0.4) is 0 Å². The molecule has 6 aromatic rings. The van der Waals surface area contributed by atoms with E-state index in [9.17, 15) is 4.39 Å². The number of anilines is 1. The number of thiophene rings is 1. The second kappa shape index (κ2) is 8.59. The Kier molecular flexibility index (Phi) is 5.34. The van der Waals surface area contributed by atoms with Crippen LogP contribution in [0.2, 0.25) is 0 Å². The van der Waals surface area contributed by atoms with Crippen molar-refractivity contribution in [2.45, 2.75) is 20.8 Å². The number of hydrogen-bond donors (Lipinski definition) is 3. The molecule has 184 valence electrons. The number of hydrogen-bond acceptors (Lipinski definition) is 7. The van der Waals surface area contributed by atoms with E-state index in [1.807, 2.05) is 24.3 Å². The first kappa shape index (κ1) is 23.0. The molecular formula is C27H23FN8S. The molecule has 10 heteroatoms. The minimum Gasteiger partial charge on any atom is -0.358 e. The van der Waals surface area contributed by atoms with Gasteiger partial charge in [-0.05, 0) is 36.4 Å². The van der Waals surface area contributed by atoms with Crippen molar-refractivity contribution in [1.82, 2.24) is 35.1 Å². The number of rotatable bonds is 5. The number of fused-ring (bicyclic) bond motifs is 2. The van der Waals surface area contributed by atoms with E-state index >= 15 is 0 Å². The van der Waals surface area contributed by atoms with Crippen molar-refractivity contribution in [3.05, 3.63) is 72.4 Å². The lowest BCUT2D eigenvalue weighted by atomic mass is 9.93. The summed E-state index contributed by atoms with van der Waals surface area (Å²) in [4.78, 5) is 22.5. The Labute approximate surface area is 215 Å². The first-order valence-corrected chi connectivity index (χ1v) is 12.5. The summed E-state index contributed by atoms with van der Waals surface area (Å²) in [7, 11) is 0. The van der Waals surface area contributed by atoms with Crippen molar-refractivity contribution >= 4 is 39.2 Å². The predicted octanol–water partition coefficient (Wildman–Crippen LogP) is 6.80. The standard InChI is InChI=1S/C27H23FN8S/c1-14(27(2,3)4)31-16-11-15(12-29-13-16)18-5-6-19-23(32-18)24(36-35-19)26-33-22-17(9-10-30-25(22)34-26)20-7-8-21(28)37-20/h5-13,31H,1H2,2-4H3,(H,35,36)(H,30,33,34). The maximum atomic E-state index is 13.7. The SMILES string of the molecule is C=C(Nc1cncc(-c2ccc3[nH]nc(-c4nc5nccc(-c6ccc(F)s6)c5[nH]4)c3n2)c1)C(C)(C)C. The molecule has 0 saturated heterocycles. The van der Waals surface area contributed by atoms with Crippen LogP contribution in [-0.4, -0.2) is 35.1 Å².